The maximum atomic E-state index is 11.1. The van der Waals surface area contributed by atoms with Gasteiger partial charge in [0.1, 0.15) is 0 Å². The number of cyclic esters (lactones) is 6. The van der Waals surface area contributed by atoms with E-state index >= 15 is 0 Å². The number of hydrogen-bond acceptors (Lipinski definition) is 9. The molecule has 0 saturated carbocycles. The van der Waals surface area contributed by atoms with Crippen LogP contribution < -0.4 is 0 Å². The molecular weight excluding hydrogens is 288 g/mol. The maximum Gasteiger partial charge on any atom is 0.338 e. The first-order valence-electron chi connectivity index (χ1n) is 5.18. The minimum Gasteiger partial charge on any atom is -0.387 e. The van der Waals surface area contributed by atoms with E-state index in [1.165, 1.54) is 0 Å². The Morgan fingerprint density at radius 1 is 0.381 bits per heavy atom. The maximum absolute atomic E-state index is 11.1. The second kappa shape index (κ2) is 7.28. The highest BCUT2D eigenvalue weighted by atomic mass is 16.6. The van der Waals surface area contributed by atoms with Crippen molar-refractivity contribution >= 4 is 35.8 Å². The van der Waals surface area contributed by atoms with E-state index in [9.17, 15) is 28.8 Å². The van der Waals surface area contributed by atoms with E-state index in [0.29, 0.717) is 36.5 Å². The molecule has 1 aliphatic heterocycles. The lowest BCUT2D eigenvalue weighted by atomic mass is 10.5. The molecule has 0 N–H and O–H groups in total. The molecule has 0 saturated heterocycles. The summed E-state index contributed by atoms with van der Waals surface area (Å²) in [5, 5.41) is 0. The summed E-state index contributed by atoms with van der Waals surface area (Å²) >= 11 is 0. The molecule has 21 heavy (non-hydrogen) atoms. The average Bonchev–Trinajstić information content (AvgIpc) is 2.40. The summed E-state index contributed by atoms with van der Waals surface area (Å²) in [6.45, 7) is 0. The first kappa shape index (κ1) is 15.7. The minimum absolute atomic E-state index is 0.536. The Hall–Kier alpha value is -3.36. The Morgan fingerprint density at radius 2 is 0.524 bits per heavy atom. The zero-order chi connectivity index (χ0) is 15.8. The smallest absolute Gasteiger partial charge is 0.338 e. The molecule has 1 aliphatic rings. The largest absolute Gasteiger partial charge is 0.387 e. The van der Waals surface area contributed by atoms with Crippen LogP contribution in [0.3, 0.4) is 0 Å². The summed E-state index contributed by atoms with van der Waals surface area (Å²) in [5.41, 5.74) is 0. The third-order valence-corrected chi connectivity index (χ3v) is 1.67. The first-order valence-corrected chi connectivity index (χ1v) is 5.18. The summed E-state index contributed by atoms with van der Waals surface area (Å²) in [6.07, 6.45) is 3.22. The van der Waals surface area contributed by atoms with Gasteiger partial charge in [0.2, 0.25) is 0 Å². The molecule has 0 amide bonds. The van der Waals surface area contributed by atoms with Crippen molar-refractivity contribution in [3.05, 3.63) is 36.5 Å². The van der Waals surface area contributed by atoms with Crippen molar-refractivity contribution in [3.63, 3.8) is 0 Å². The van der Waals surface area contributed by atoms with Crippen molar-refractivity contribution in [2.75, 3.05) is 0 Å². The normalized spacial score (nSPS) is 22.3. The van der Waals surface area contributed by atoms with E-state index < -0.39 is 35.8 Å². The second-order valence-corrected chi connectivity index (χ2v) is 3.22. The van der Waals surface area contributed by atoms with Gasteiger partial charge in [-0.05, 0) is 0 Å². The quantitative estimate of drug-likeness (QED) is 0.309. The van der Waals surface area contributed by atoms with Gasteiger partial charge in [0.15, 0.2) is 0 Å². The highest BCUT2D eigenvalue weighted by molar-refractivity contribution is 6.05. The number of carbonyl (C=O) groups is 6. The lowest BCUT2D eigenvalue weighted by Crippen LogP contribution is -2.10. The summed E-state index contributed by atoms with van der Waals surface area (Å²) in [5.74, 6) is -7.39. The zero-order valence-corrected chi connectivity index (χ0v) is 10.1. The zero-order valence-electron chi connectivity index (χ0n) is 10.1. The predicted octanol–water partition coefficient (Wildman–Crippen LogP) is -1.12. The van der Waals surface area contributed by atoms with E-state index in [1.807, 2.05) is 0 Å². The minimum atomic E-state index is -1.23. The topological polar surface area (TPSA) is 130 Å². The summed E-state index contributed by atoms with van der Waals surface area (Å²) in [6, 6.07) is 0. The molecular formula is C12H6O9. The standard InChI is InChI=1S/C12H6O9/c13-7-1-2-8(14)20-10(16)5-6-12(18)21-11(17)4-3-9(15)19-7/h1-6H/b2-1-,4-3-,6-5-. The van der Waals surface area contributed by atoms with E-state index in [-0.39, 0.29) is 0 Å². The molecule has 0 unspecified atom stereocenters. The van der Waals surface area contributed by atoms with Crippen molar-refractivity contribution < 1.29 is 43.0 Å². The van der Waals surface area contributed by atoms with Crippen molar-refractivity contribution in [1.82, 2.24) is 0 Å². The lowest BCUT2D eigenvalue weighted by Gasteiger charge is -1.94. The SMILES string of the molecule is O=C1/C=C\C(=O)OC(=O)/C=C\C(=O)OC(=O)/C=C\C(=O)O1. The van der Waals surface area contributed by atoms with E-state index in [2.05, 4.69) is 14.2 Å². The van der Waals surface area contributed by atoms with Crippen molar-refractivity contribution in [2.24, 2.45) is 0 Å². The fourth-order valence-corrected chi connectivity index (χ4v) is 0.910. The van der Waals surface area contributed by atoms with Crippen molar-refractivity contribution in [3.8, 4) is 0 Å². The molecule has 9 heteroatoms. The Morgan fingerprint density at radius 3 is 0.667 bits per heavy atom. The summed E-state index contributed by atoms with van der Waals surface area (Å²) in [4.78, 5) is 66.3. The van der Waals surface area contributed by atoms with Crippen molar-refractivity contribution in [2.45, 2.75) is 0 Å². The van der Waals surface area contributed by atoms with E-state index in [4.69, 9.17) is 0 Å². The van der Waals surface area contributed by atoms with Gasteiger partial charge in [-0.15, -0.1) is 0 Å². The molecule has 0 spiro atoms. The molecule has 0 aromatic carbocycles. The lowest BCUT2D eigenvalue weighted by molar-refractivity contribution is -0.155. The van der Waals surface area contributed by atoms with E-state index in [0.717, 1.165) is 0 Å². The van der Waals surface area contributed by atoms with Gasteiger partial charge in [0.25, 0.3) is 0 Å². The molecule has 0 atom stereocenters. The third-order valence-electron chi connectivity index (χ3n) is 1.67. The number of hydrogen-bond donors (Lipinski definition) is 0. The Labute approximate surface area is 116 Å². The second-order valence-electron chi connectivity index (χ2n) is 3.22. The molecule has 0 aromatic rings. The van der Waals surface area contributed by atoms with Crippen LogP contribution in [0.5, 0.6) is 0 Å². The summed E-state index contributed by atoms with van der Waals surface area (Å²) in [7, 11) is 0. The highest BCUT2D eigenvalue weighted by Crippen LogP contribution is 1.93. The van der Waals surface area contributed by atoms with Crippen molar-refractivity contribution in [1.29, 1.82) is 0 Å². The van der Waals surface area contributed by atoms with Crippen LogP contribution in [0.1, 0.15) is 0 Å². The summed E-state index contributed by atoms with van der Waals surface area (Å²) < 4.78 is 12.4. The molecule has 0 radical (unpaired) electrons. The Bertz CT molecular complexity index is 473. The number of carbonyl (C=O) groups excluding carboxylic acids is 6. The molecule has 0 fully saturated rings. The van der Waals surface area contributed by atoms with Crippen LogP contribution in [0.2, 0.25) is 0 Å². The Balaban J connectivity index is 2.95. The molecule has 108 valence electrons. The van der Waals surface area contributed by atoms with Crippen LogP contribution >= 0.6 is 0 Å². The van der Waals surface area contributed by atoms with Crippen LogP contribution in [0.4, 0.5) is 0 Å². The van der Waals surface area contributed by atoms with Gasteiger partial charge >= 0.3 is 35.8 Å². The van der Waals surface area contributed by atoms with Crippen LogP contribution in [0, 0.1) is 0 Å². The van der Waals surface area contributed by atoms with Gasteiger partial charge in [-0.1, -0.05) is 0 Å². The number of ether oxygens (including phenoxy) is 3. The highest BCUT2D eigenvalue weighted by Gasteiger charge is 2.11. The van der Waals surface area contributed by atoms with E-state index in [1.54, 1.807) is 0 Å². The average molecular weight is 294 g/mol. The van der Waals surface area contributed by atoms with Gasteiger partial charge in [-0.2, -0.15) is 0 Å². The van der Waals surface area contributed by atoms with Gasteiger partial charge < -0.3 is 14.2 Å². The molecule has 1 heterocycles. The van der Waals surface area contributed by atoms with Crippen LogP contribution in [-0.4, -0.2) is 35.8 Å². The van der Waals surface area contributed by atoms with Gasteiger partial charge in [-0.25, -0.2) is 28.8 Å². The molecule has 0 aliphatic carbocycles. The van der Waals surface area contributed by atoms with Crippen LogP contribution in [-0.2, 0) is 43.0 Å². The fourth-order valence-electron chi connectivity index (χ4n) is 0.910. The monoisotopic (exact) mass is 294 g/mol. The van der Waals surface area contributed by atoms with Crippen LogP contribution in [0.25, 0.3) is 0 Å². The number of esters is 6. The molecule has 0 aromatic heterocycles. The van der Waals surface area contributed by atoms with Crippen LogP contribution in [0.15, 0.2) is 36.5 Å². The third kappa shape index (κ3) is 6.38. The predicted molar refractivity (Wildman–Crippen MR) is 60.7 cm³/mol. The van der Waals surface area contributed by atoms with Gasteiger partial charge in [-0.3, -0.25) is 0 Å². The van der Waals surface area contributed by atoms with Gasteiger partial charge in [0, 0.05) is 36.5 Å². The Kier molecular flexibility index (Phi) is 5.44. The number of rotatable bonds is 0. The first-order chi connectivity index (χ1) is 9.86. The molecule has 0 bridgehead atoms. The van der Waals surface area contributed by atoms with Gasteiger partial charge in [0.05, 0.1) is 0 Å². The molecule has 1 rings (SSSR count). The fraction of sp³-hybridized carbons (Fsp3) is 0. The molecule has 9 nitrogen and oxygen atoms in total.